The maximum atomic E-state index is 13.0. The van der Waals surface area contributed by atoms with E-state index in [1.54, 1.807) is 23.5 Å². The first kappa shape index (κ1) is 23.7. The van der Waals surface area contributed by atoms with Crippen molar-refractivity contribution >= 4 is 44.7 Å². The first-order valence-corrected chi connectivity index (χ1v) is 12.6. The molecule has 3 aromatic heterocycles. The van der Waals surface area contributed by atoms with Gasteiger partial charge < -0.3 is 15.0 Å². The summed E-state index contributed by atoms with van der Waals surface area (Å²) < 4.78 is 27.5. The molecule has 4 heterocycles. The van der Waals surface area contributed by atoms with Gasteiger partial charge in [0.2, 0.25) is 10.0 Å². The number of hydrogen-bond donors (Lipinski definition) is 2. The molecule has 0 bridgehead atoms. The van der Waals surface area contributed by atoms with Gasteiger partial charge in [-0.15, -0.1) is 23.7 Å². The number of hydrogen-bond acceptors (Lipinski definition) is 7. The average molecular weight is 506 g/mol. The molecule has 174 valence electrons. The van der Waals surface area contributed by atoms with Crippen molar-refractivity contribution in [2.24, 2.45) is 0 Å². The van der Waals surface area contributed by atoms with Crippen molar-refractivity contribution < 1.29 is 13.5 Å². The second kappa shape index (κ2) is 9.03. The zero-order valence-electron chi connectivity index (χ0n) is 18.1. The summed E-state index contributed by atoms with van der Waals surface area (Å²) >= 11 is 1.58. The van der Waals surface area contributed by atoms with Crippen LogP contribution >= 0.6 is 23.7 Å². The molecule has 0 saturated carbocycles. The minimum Gasteiger partial charge on any atom is -0.494 e. The van der Waals surface area contributed by atoms with Gasteiger partial charge in [0.15, 0.2) is 5.88 Å². The van der Waals surface area contributed by atoms with Crippen LogP contribution in [0, 0.1) is 6.92 Å². The average Bonchev–Trinajstić information content (AvgIpc) is 3.36. The van der Waals surface area contributed by atoms with E-state index in [1.165, 1.54) is 10.5 Å². The van der Waals surface area contributed by atoms with Crippen molar-refractivity contribution in [3.05, 3.63) is 46.9 Å². The number of pyridine rings is 1. The molecule has 1 aliphatic rings. The highest BCUT2D eigenvalue weighted by atomic mass is 35.5. The van der Waals surface area contributed by atoms with Gasteiger partial charge in [0.25, 0.3) is 0 Å². The van der Waals surface area contributed by atoms with E-state index in [0.29, 0.717) is 37.4 Å². The zero-order valence-corrected chi connectivity index (χ0v) is 20.6. The van der Waals surface area contributed by atoms with Crippen LogP contribution in [-0.2, 0) is 10.0 Å². The predicted octanol–water partition coefficient (Wildman–Crippen LogP) is 3.73. The maximum absolute atomic E-state index is 13.0. The number of fused-ring (bicyclic) bond motifs is 1. The molecular weight excluding hydrogens is 482 g/mol. The Morgan fingerprint density at radius 3 is 2.48 bits per heavy atom. The lowest BCUT2D eigenvalue weighted by Crippen LogP contribution is -2.47. The summed E-state index contributed by atoms with van der Waals surface area (Å²) in [6.07, 6.45) is 1.37. The fraction of sp³-hybridized carbons (Fsp3) is 0.273. The van der Waals surface area contributed by atoms with Crippen LogP contribution < -0.4 is 0 Å². The number of likely N-dealkylation sites (N-methyl/N-ethyl adjacent to an activating group) is 1. The Kier molecular flexibility index (Phi) is 6.47. The second-order valence-corrected chi connectivity index (χ2v) is 10.9. The highest BCUT2D eigenvalue weighted by molar-refractivity contribution is 7.89. The van der Waals surface area contributed by atoms with Crippen LogP contribution in [0.4, 0.5) is 0 Å². The summed E-state index contributed by atoms with van der Waals surface area (Å²) in [7, 11) is -1.62. The van der Waals surface area contributed by atoms with Crippen molar-refractivity contribution in [2.75, 3.05) is 33.2 Å². The third-order valence-corrected chi connectivity index (χ3v) is 8.44. The molecule has 1 saturated heterocycles. The number of H-pyrrole nitrogens is 1. The summed E-state index contributed by atoms with van der Waals surface area (Å²) in [5.41, 5.74) is 3.62. The molecule has 1 aromatic carbocycles. The van der Waals surface area contributed by atoms with Crippen LogP contribution in [0.1, 0.15) is 5.01 Å². The molecule has 2 N–H and O–H groups in total. The number of rotatable bonds is 4. The fourth-order valence-electron chi connectivity index (χ4n) is 3.95. The lowest BCUT2D eigenvalue weighted by atomic mass is 10.1. The zero-order chi connectivity index (χ0) is 22.5. The molecule has 0 radical (unpaired) electrons. The Bertz CT molecular complexity index is 1390. The lowest BCUT2D eigenvalue weighted by molar-refractivity contribution is 0.222. The number of aromatic nitrogens is 3. The van der Waals surface area contributed by atoms with E-state index in [-0.39, 0.29) is 23.2 Å². The number of piperazine rings is 1. The SMILES string of the molecule is Cc1nc(-c2ccc3[nH]c(O)c(-c4ccc(S(=O)(=O)N5CCN(C)CC5)cn4)c3c2)cs1.Cl. The molecule has 0 amide bonds. The van der Waals surface area contributed by atoms with Crippen LogP contribution in [0.15, 0.2) is 46.8 Å². The second-order valence-electron chi connectivity index (χ2n) is 7.95. The molecule has 0 aliphatic carbocycles. The van der Waals surface area contributed by atoms with Gasteiger partial charge >= 0.3 is 0 Å². The Labute approximate surface area is 202 Å². The monoisotopic (exact) mass is 505 g/mol. The van der Waals surface area contributed by atoms with Gasteiger partial charge in [-0.1, -0.05) is 6.07 Å². The van der Waals surface area contributed by atoms with E-state index in [4.69, 9.17) is 0 Å². The Hall–Kier alpha value is -2.50. The summed E-state index contributed by atoms with van der Waals surface area (Å²) in [5.74, 6) is -0.00576. The highest BCUT2D eigenvalue weighted by Crippen LogP contribution is 2.38. The third kappa shape index (κ3) is 4.36. The van der Waals surface area contributed by atoms with E-state index < -0.39 is 10.0 Å². The molecule has 0 spiro atoms. The number of sulfonamides is 1. The first-order chi connectivity index (χ1) is 15.3. The minimum atomic E-state index is -3.60. The van der Waals surface area contributed by atoms with Crippen molar-refractivity contribution in [3.63, 3.8) is 0 Å². The molecule has 5 rings (SSSR count). The largest absolute Gasteiger partial charge is 0.494 e. The summed E-state index contributed by atoms with van der Waals surface area (Å²) in [6.45, 7) is 4.29. The van der Waals surface area contributed by atoms with Crippen molar-refractivity contribution in [1.29, 1.82) is 0 Å². The standard InChI is InChI=1S/C22H23N5O3S2.ClH/c1-14-24-20(13-31-14)15-3-5-18-17(11-15)21(22(28)25-18)19-6-4-16(12-23-19)32(29,30)27-9-7-26(2)8-10-27;/h3-6,11-13,25,28H,7-10H2,1-2H3;1H. The molecule has 8 nitrogen and oxygen atoms in total. The van der Waals surface area contributed by atoms with Crippen LogP contribution in [0.25, 0.3) is 33.4 Å². The predicted molar refractivity (Wildman–Crippen MR) is 133 cm³/mol. The number of aryl methyl sites for hydroxylation is 1. The van der Waals surface area contributed by atoms with Crippen LogP contribution in [0.5, 0.6) is 5.88 Å². The van der Waals surface area contributed by atoms with Gasteiger partial charge in [-0.05, 0) is 38.2 Å². The topological polar surface area (TPSA) is 102 Å². The summed E-state index contributed by atoms with van der Waals surface area (Å²) in [5, 5.41) is 14.4. The smallest absolute Gasteiger partial charge is 0.244 e. The number of nitrogens with one attached hydrogen (secondary N) is 1. The highest BCUT2D eigenvalue weighted by Gasteiger charge is 2.28. The number of benzene rings is 1. The van der Waals surface area contributed by atoms with Crippen LogP contribution in [-0.4, -0.2) is 70.9 Å². The van der Waals surface area contributed by atoms with Gasteiger partial charge in [-0.2, -0.15) is 4.31 Å². The van der Waals surface area contributed by atoms with Crippen molar-refractivity contribution in [1.82, 2.24) is 24.2 Å². The molecule has 1 aliphatic heterocycles. The van der Waals surface area contributed by atoms with Gasteiger partial charge in [0.05, 0.1) is 22.0 Å². The van der Waals surface area contributed by atoms with Crippen LogP contribution in [0.2, 0.25) is 0 Å². The van der Waals surface area contributed by atoms with Gasteiger partial charge in [-0.3, -0.25) is 4.98 Å². The Morgan fingerprint density at radius 2 is 1.85 bits per heavy atom. The summed E-state index contributed by atoms with van der Waals surface area (Å²) in [4.78, 5) is 14.2. The van der Waals surface area contributed by atoms with E-state index >= 15 is 0 Å². The molecule has 33 heavy (non-hydrogen) atoms. The lowest BCUT2D eigenvalue weighted by Gasteiger charge is -2.31. The molecule has 4 aromatic rings. The quantitative estimate of drug-likeness (QED) is 0.438. The molecule has 0 atom stereocenters. The van der Waals surface area contributed by atoms with Crippen LogP contribution in [0.3, 0.4) is 0 Å². The Balaban J connectivity index is 0.00000259. The van der Waals surface area contributed by atoms with Crippen molar-refractivity contribution in [2.45, 2.75) is 11.8 Å². The van der Waals surface area contributed by atoms with Crippen molar-refractivity contribution in [3.8, 4) is 28.4 Å². The van der Waals surface area contributed by atoms with E-state index in [0.717, 1.165) is 27.2 Å². The third-order valence-electron chi connectivity index (χ3n) is 5.79. The fourth-order valence-corrected chi connectivity index (χ4v) is 5.94. The number of aromatic amines is 1. The first-order valence-electron chi connectivity index (χ1n) is 10.3. The summed E-state index contributed by atoms with van der Waals surface area (Å²) in [6, 6.07) is 9.02. The maximum Gasteiger partial charge on any atom is 0.244 e. The number of thiazole rings is 1. The number of aromatic hydroxyl groups is 1. The van der Waals surface area contributed by atoms with E-state index in [9.17, 15) is 13.5 Å². The van der Waals surface area contributed by atoms with Gasteiger partial charge in [0, 0.05) is 54.2 Å². The van der Waals surface area contributed by atoms with E-state index in [2.05, 4.69) is 19.9 Å². The van der Waals surface area contributed by atoms with E-state index in [1.807, 2.05) is 37.6 Å². The molecular formula is C22H24ClN5O3S2. The number of nitrogens with zero attached hydrogens (tertiary/aromatic N) is 4. The number of halogens is 1. The molecule has 1 fully saturated rings. The van der Waals surface area contributed by atoms with Gasteiger partial charge in [0.1, 0.15) is 4.90 Å². The normalized spacial score (nSPS) is 15.6. The molecule has 0 unspecified atom stereocenters. The molecule has 11 heteroatoms. The Morgan fingerprint density at radius 1 is 1.09 bits per heavy atom. The van der Waals surface area contributed by atoms with Gasteiger partial charge in [-0.25, -0.2) is 13.4 Å². The minimum absolute atomic E-state index is 0.